The number of likely N-dealkylation sites (tertiary alicyclic amines) is 1. The summed E-state index contributed by atoms with van der Waals surface area (Å²) in [7, 11) is 0. The molecule has 1 unspecified atom stereocenters. The highest BCUT2D eigenvalue weighted by Crippen LogP contribution is 2.27. The molecule has 4 nitrogen and oxygen atoms in total. The van der Waals surface area contributed by atoms with Gasteiger partial charge in [0.2, 0.25) is 11.8 Å². The molecule has 1 heterocycles. The molecule has 0 radical (unpaired) electrons. The predicted octanol–water partition coefficient (Wildman–Crippen LogP) is 2.95. The molecule has 1 N–H and O–H groups in total. The number of nitrogens with one attached hydrogen (secondary N) is 1. The van der Waals surface area contributed by atoms with Crippen LogP contribution in [0.5, 0.6) is 0 Å². The Labute approximate surface area is 139 Å². The third-order valence-corrected chi connectivity index (χ3v) is 4.58. The summed E-state index contributed by atoms with van der Waals surface area (Å²) < 4.78 is 0. The molecule has 0 bridgehead atoms. The summed E-state index contributed by atoms with van der Waals surface area (Å²) in [6.45, 7) is 6.03. The first-order valence-corrected chi connectivity index (χ1v) is 8.67. The minimum absolute atomic E-state index is 0.0406. The van der Waals surface area contributed by atoms with Crippen LogP contribution in [0.4, 0.5) is 0 Å². The van der Waals surface area contributed by atoms with Gasteiger partial charge in [0.25, 0.3) is 0 Å². The molecule has 0 aliphatic carbocycles. The molecular weight excluding hydrogens is 288 g/mol. The van der Waals surface area contributed by atoms with Gasteiger partial charge in [0.15, 0.2) is 0 Å². The Morgan fingerprint density at radius 3 is 2.35 bits per heavy atom. The lowest BCUT2D eigenvalue weighted by molar-refractivity contribution is -0.133. The third-order valence-electron chi connectivity index (χ3n) is 4.58. The second-order valence-corrected chi connectivity index (χ2v) is 6.68. The second-order valence-electron chi connectivity index (χ2n) is 6.68. The highest BCUT2D eigenvalue weighted by atomic mass is 16.2. The number of carbonyl (C=O) groups excluding carboxylic acids is 2. The maximum atomic E-state index is 12.2. The molecule has 126 valence electrons. The van der Waals surface area contributed by atoms with E-state index >= 15 is 0 Å². The molecule has 1 aliphatic heterocycles. The standard InChI is InChI=1S/C19H28N2O2/c1-15(2)17(16-9-5-3-6-10-16)13-18(22)20-14-19(23)21-11-7-4-8-12-21/h3,5-6,9-10,15,17H,4,7-8,11-14H2,1-2H3,(H,20,22). The average molecular weight is 316 g/mol. The highest BCUT2D eigenvalue weighted by Gasteiger charge is 2.21. The van der Waals surface area contributed by atoms with Crippen molar-refractivity contribution in [2.45, 2.75) is 45.4 Å². The molecule has 2 rings (SSSR count). The molecule has 0 spiro atoms. The van der Waals surface area contributed by atoms with Gasteiger partial charge in [-0.25, -0.2) is 0 Å². The molecule has 1 saturated heterocycles. The van der Waals surface area contributed by atoms with Crippen LogP contribution in [0, 0.1) is 5.92 Å². The van der Waals surface area contributed by atoms with Crippen LogP contribution in [0.2, 0.25) is 0 Å². The SMILES string of the molecule is CC(C)C(CC(=O)NCC(=O)N1CCCCC1)c1ccccc1. The molecule has 2 amide bonds. The van der Waals surface area contributed by atoms with Crippen molar-refractivity contribution in [1.82, 2.24) is 10.2 Å². The maximum absolute atomic E-state index is 12.2. The second kappa shape index (κ2) is 8.70. The fourth-order valence-electron chi connectivity index (χ4n) is 3.14. The van der Waals surface area contributed by atoms with E-state index in [4.69, 9.17) is 0 Å². The number of benzene rings is 1. The van der Waals surface area contributed by atoms with E-state index < -0.39 is 0 Å². The number of hydrogen-bond donors (Lipinski definition) is 1. The van der Waals surface area contributed by atoms with Gasteiger partial charge in [-0.2, -0.15) is 0 Å². The Kier molecular flexibility index (Phi) is 6.63. The van der Waals surface area contributed by atoms with Crippen molar-refractivity contribution in [1.29, 1.82) is 0 Å². The van der Waals surface area contributed by atoms with E-state index in [1.807, 2.05) is 23.1 Å². The summed E-state index contributed by atoms with van der Waals surface area (Å²) in [5, 5.41) is 2.80. The van der Waals surface area contributed by atoms with Gasteiger partial charge >= 0.3 is 0 Å². The number of rotatable bonds is 6. The largest absolute Gasteiger partial charge is 0.347 e. The zero-order chi connectivity index (χ0) is 16.7. The van der Waals surface area contributed by atoms with Crippen molar-refractivity contribution in [2.24, 2.45) is 5.92 Å². The third kappa shape index (κ3) is 5.38. The molecule has 0 saturated carbocycles. The van der Waals surface area contributed by atoms with Crippen molar-refractivity contribution in [2.75, 3.05) is 19.6 Å². The first-order chi connectivity index (χ1) is 11.1. The van der Waals surface area contributed by atoms with Crippen molar-refractivity contribution in [3.63, 3.8) is 0 Å². The summed E-state index contributed by atoms with van der Waals surface area (Å²) in [6, 6.07) is 10.1. The lowest BCUT2D eigenvalue weighted by Crippen LogP contribution is -2.42. The Bertz CT molecular complexity index is 507. The molecule has 4 heteroatoms. The number of piperidine rings is 1. The van der Waals surface area contributed by atoms with E-state index in [0.29, 0.717) is 12.3 Å². The molecular formula is C19H28N2O2. The highest BCUT2D eigenvalue weighted by molar-refractivity contribution is 5.85. The average Bonchev–Trinajstić information content (AvgIpc) is 2.58. The van der Waals surface area contributed by atoms with Crippen LogP contribution in [0.1, 0.15) is 51.0 Å². The van der Waals surface area contributed by atoms with Gasteiger partial charge in [-0.1, -0.05) is 44.2 Å². The molecule has 23 heavy (non-hydrogen) atoms. The van der Waals surface area contributed by atoms with Gasteiger partial charge in [0.1, 0.15) is 0 Å². The fraction of sp³-hybridized carbons (Fsp3) is 0.579. The first-order valence-electron chi connectivity index (χ1n) is 8.67. The van der Waals surface area contributed by atoms with Crippen molar-refractivity contribution in [3.8, 4) is 0 Å². The zero-order valence-electron chi connectivity index (χ0n) is 14.3. The van der Waals surface area contributed by atoms with E-state index in [-0.39, 0.29) is 24.3 Å². The van der Waals surface area contributed by atoms with Crippen LogP contribution >= 0.6 is 0 Å². The van der Waals surface area contributed by atoms with Crippen molar-refractivity contribution < 1.29 is 9.59 Å². The molecule has 1 atom stereocenters. The fourth-order valence-corrected chi connectivity index (χ4v) is 3.14. The molecule has 1 fully saturated rings. The van der Waals surface area contributed by atoms with Gasteiger partial charge in [0.05, 0.1) is 6.54 Å². The lowest BCUT2D eigenvalue weighted by Gasteiger charge is -2.27. The Morgan fingerprint density at radius 1 is 1.09 bits per heavy atom. The molecule has 1 aromatic rings. The monoisotopic (exact) mass is 316 g/mol. The van der Waals surface area contributed by atoms with Crippen LogP contribution in [-0.4, -0.2) is 36.3 Å². The maximum Gasteiger partial charge on any atom is 0.241 e. The van der Waals surface area contributed by atoms with Crippen LogP contribution < -0.4 is 5.32 Å². The topological polar surface area (TPSA) is 49.4 Å². The smallest absolute Gasteiger partial charge is 0.241 e. The van der Waals surface area contributed by atoms with Crippen LogP contribution in [0.15, 0.2) is 30.3 Å². The van der Waals surface area contributed by atoms with Gasteiger partial charge in [0, 0.05) is 19.5 Å². The number of nitrogens with zero attached hydrogens (tertiary/aromatic N) is 1. The van der Waals surface area contributed by atoms with Gasteiger partial charge in [-0.15, -0.1) is 0 Å². The summed E-state index contributed by atoms with van der Waals surface area (Å²) >= 11 is 0. The summed E-state index contributed by atoms with van der Waals surface area (Å²) in [5.41, 5.74) is 1.18. The van der Waals surface area contributed by atoms with Gasteiger partial charge in [-0.3, -0.25) is 9.59 Å². The van der Waals surface area contributed by atoms with Gasteiger partial charge < -0.3 is 10.2 Å². The van der Waals surface area contributed by atoms with Crippen LogP contribution in [-0.2, 0) is 9.59 Å². The lowest BCUT2D eigenvalue weighted by atomic mass is 9.85. The number of hydrogen-bond acceptors (Lipinski definition) is 2. The zero-order valence-corrected chi connectivity index (χ0v) is 14.3. The predicted molar refractivity (Wildman–Crippen MR) is 92.1 cm³/mol. The normalized spacial score (nSPS) is 16.2. The minimum Gasteiger partial charge on any atom is -0.347 e. The number of amides is 2. The Balaban J connectivity index is 1.83. The minimum atomic E-state index is -0.0436. The number of carbonyl (C=O) groups is 2. The Hall–Kier alpha value is -1.84. The molecule has 0 aromatic heterocycles. The van der Waals surface area contributed by atoms with E-state index in [1.165, 1.54) is 12.0 Å². The quantitative estimate of drug-likeness (QED) is 0.877. The van der Waals surface area contributed by atoms with Crippen LogP contribution in [0.3, 0.4) is 0 Å². The van der Waals surface area contributed by atoms with Crippen LogP contribution in [0.25, 0.3) is 0 Å². The Morgan fingerprint density at radius 2 is 1.74 bits per heavy atom. The summed E-state index contributed by atoms with van der Waals surface area (Å²) in [5.74, 6) is 0.555. The van der Waals surface area contributed by atoms with E-state index in [2.05, 4.69) is 31.3 Å². The summed E-state index contributed by atoms with van der Waals surface area (Å²) in [6.07, 6.45) is 3.77. The van der Waals surface area contributed by atoms with E-state index in [0.717, 1.165) is 25.9 Å². The molecule has 1 aliphatic rings. The van der Waals surface area contributed by atoms with E-state index in [1.54, 1.807) is 0 Å². The molecule has 1 aromatic carbocycles. The van der Waals surface area contributed by atoms with Crippen molar-refractivity contribution >= 4 is 11.8 Å². The first kappa shape index (κ1) is 17.5. The van der Waals surface area contributed by atoms with E-state index in [9.17, 15) is 9.59 Å². The van der Waals surface area contributed by atoms with Crippen molar-refractivity contribution in [3.05, 3.63) is 35.9 Å². The summed E-state index contributed by atoms with van der Waals surface area (Å²) in [4.78, 5) is 26.2. The van der Waals surface area contributed by atoms with Gasteiger partial charge in [-0.05, 0) is 36.7 Å².